The van der Waals surface area contributed by atoms with Gasteiger partial charge in [0.1, 0.15) is 0 Å². The number of nitrogens with zero attached hydrogens (tertiary/aromatic N) is 2. The van der Waals surface area contributed by atoms with Crippen molar-refractivity contribution in [2.45, 2.75) is 31.8 Å². The van der Waals surface area contributed by atoms with Crippen LogP contribution in [0.3, 0.4) is 0 Å². The van der Waals surface area contributed by atoms with Gasteiger partial charge in [-0.25, -0.2) is 0 Å². The summed E-state index contributed by atoms with van der Waals surface area (Å²) < 4.78 is 5.13. The Morgan fingerprint density at radius 1 is 1.15 bits per heavy atom. The van der Waals surface area contributed by atoms with E-state index in [1.807, 2.05) is 18.2 Å². The highest BCUT2D eigenvalue weighted by Gasteiger charge is 2.23. The van der Waals surface area contributed by atoms with E-state index in [9.17, 15) is 5.11 Å². The van der Waals surface area contributed by atoms with Gasteiger partial charge in [0.15, 0.2) is 11.5 Å². The van der Waals surface area contributed by atoms with E-state index < -0.39 is 0 Å². The number of phenolic OH excluding ortho intramolecular Hbond substituents is 1. The molecule has 1 atom stereocenters. The fourth-order valence-corrected chi connectivity index (χ4v) is 3.76. The van der Waals surface area contributed by atoms with E-state index in [1.54, 1.807) is 7.11 Å². The summed E-state index contributed by atoms with van der Waals surface area (Å²) in [5, 5.41) is 9.99. The smallest absolute Gasteiger partial charge is 0.160 e. The molecule has 1 aliphatic rings. The van der Waals surface area contributed by atoms with Crippen LogP contribution >= 0.6 is 0 Å². The van der Waals surface area contributed by atoms with Crippen LogP contribution in [-0.2, 0) is 13.0 Å². The first-order valence-corrected chi connectivity index (χ1v) is 9.48. The number of phenols is 1. The van der Waals surface area contributed by atoms with Crippen LogP contribution in [0.5, 0.6) is 11.5 Å². The van der Waals surface area contributed by atoms with Crippen LogP contribution in [0.1, 0.15) is 24.0 Å². The van der Waals surface area contributed by atoms with E-state index in [-0.39, 0.29) is 5.75 Å². The third kappa shape index (κ3) is 4.99. The lowest BCUT2D eigenvalue weighted by molar-refractivity contribution is 0.112. The molecule has 140 valence electrons. The van der Waals surface area contributed by atoms with Gasteiger partial charge < -0.3 is 14.7 Å². The molecule has 2 aromatic rings. The number of methoxy groups -OCH3 is 1. The lowest BCUT2D eigenvalue weighted by atomic mass is 10.0. The van der Waals surface area contributed by atoms with Crippen molar-refractivity contribution >= 4 is 0 Å². The second-order valence-electron chi connectivity index (χ2n) is 7.25. The zero-order valence-corrected chi connectivity index (χ0v) is 15.9. The lowest BCUT2D eigenvalue weighted by Gasteiger charge is -2.37. The minimum Gasteiger partial charge on any atom is -0.504 e. The van der Waals surface area contributed by atoms with Crippen molar-refractivity contribution in [1.82, 2.24) is 9.80 Å². The molecule has 2 aromatic carbocycles. The van der Waals surface area contributed by atoms with Crippen molar-refractivity contribution in [3.05, 3.63) is 59.7 Å². The highest BCUT2D eigenvalue weighted by atomic mass is 16.5. The predicted molar refractivity (Wildman–Crippen MR) is 106 cm³/mol. The minimum absolute atomic E-state index is 0.221. The van der Waals surface area contributed by atoms with Gasteiger partial charge >= 0.3 is 0 Å². The SMILES string of the molecule is COc1ccc(CN2CCC[C@H](N(C)CCc3ccccc3)C2)cc1O. The minimum atomic E-state index is 0.221. The molecular weight excluding hydrogens is 324 g/mol. The number of benzene rings is 2. The van der Waals surface area contributed by atoms with Crippen LogP contribution < -0.4 is 4.74 Å². The van der Waals surface area contributed by atoms with Crippen LogP contribution in [-0.4, -0.2) is 54.7 Å². The number of likely N-dealkylation sites (N-methyl/N-ethyl adjacent to an activating group) is 1. The maximum atomic E-state index is 9.99. The molecule has 1 heterocycles. The van der Waals surface area contributed by atoms with E-state index in [0.717, 1.165) is 38.2 Å². The van der Waals surface area contributed by atoms with Gasteiger partial charge in [0.2, 0.25) is 0 Å². The molecule has 1 fully saturated rings. The summed E-state index contributed by atoms with van der Waals surface area (Å²) in [6, 6.07) is 17.0. The highest BCUT2D eigenvalue weighted by molar-refractivity contribution is 5.41. The van der Waals surface area contributed by atoms with E-state index in [4.69, 9.17) is 4.74 Å². The number of rotatable bonds is 7. The van der Waals surface area contributed by atoms with Crippen molar-refractivity contribution in [1.29, 1.82) is 0 Å². The molecule has 4 heteroatoms. The summed E-state index contributed by atoms with van der Waals surface area (Å²) in [5.74, 6) is 0.754. The first kappa shape index (κ1) is 18.7. The Labute approximate surface area is 157 Å². The Kier molecular flexibility index (Phi) is 6.53. The van der Waals surface area contributed by atoms with E-state index in [2.05, 4.69) is 47.2 Å². The largest absolute Gasteiger partial charge is 0.504 e. The summed E-state index contributed by atoms with van der Waals surface area (Å²) in [5.41, 5.74) is 2.54. The highest BCUT2D eigenvalue weighted by Crippen LogP contribution is 2.27. The van der Waals surface area contributed by atoms with Gasteiger partial charge in [-0.05, 0) is 56.1 Å². The van der Waals surface area contributed by atoms with E-state index >= 15 is 0 Å². The molecule has 0 bridgehead atoms. The third-order valence-corrected chi connectivity index (χ3v) is 5.35. The maximum Gasteiger partial charge on any atom is 0.160 e. The molecule has 0 aliphatic carbocycles. The Bertz CT molecular complexity index is 690. The van der Waals surface area contributed by atoms with Crippen molar-refractivity contribution in [2.75, 3.05) is 33.8 Å². The predicted octanol–water partition coefficient (Wildman–Crippen LogP) is 3.54. The van der Waals surface area contributed by atoms with Crippen molar-refractivity contribution in [3.63, 3.8) is 0 Å². The number of aromatic hydroxyl groups is 1. The Morgan fingerprint density at radius 2 is 1.96 bits per heavy atom. The van der Waals surface area contributed by atoms with E-state index in [1.165, 1.54) is 18.4 Å². The van der Waals surface area contributed by atoms with Crippen molar-refractivity contribution in [3.8, 4) is 11.5 Å². The molecule has 0 radical (unpaired) electrons. The van der Waals surface area contributed by atoms with Gasteiger partial charge in [0.05, 0.1) is 7.11 Å². The van der Waals surface area contributed by atoms with Crippen LogP contribution in [0.2, 0.25) is 0 Å². The molecule has 0 amide bonds. The first-order chi connectivity index (χ1) is 12.7. The quantitative estimate of drug-likeness (QED) is 0.825. The normalized spacial score (nSPS) is 18.2. The fraction of sp³-hybridized carbons (Fsp3) is 0.455. The van der Waals surface area contributed by atoms with Crippen LogP contribution in [0, 0.1) is 0 Å². The fourth-order valence-electron chi connectivity index (χ4n) is 3.76. The first-order valence-electron chi connectivity index (χ1n) is 9.48. The van der Waals surface area contributed by atoms with Gasteiger partial charge in [-0.15, -0.1) is 0 Å². The summed E-state index contributed by atoms with van der Waals surface area (Å²) in [4.78, 5) is 5.00. The molecule has 26 heavy (non-hydrogen) atoms. The van der Waals surface area contributed by atoms with Gasteiger partial charge in [-0.1, -0.05) is 36.4 Å². The third-order valence-electron chi connectivity index (χ3n) is 5.35. The molecule has 4 nitrogen and oxygen atoms in total. The Morgan fingerprint density at radius 3 is 2.69 bits per heavy atom. The van der Waals surface area contributed by atoms with Crippen molar-refractivity contribution in [2.24, 2.45) is 0 Å². The van der Waals surface area contributed by atoms with Gasteiger partial charge in [-0.3, -0.25) is 4.90 Å². The molecule has 0 saturated carbocycles. The maximum absolute atomic E-state index is 9.99. The van der Waals surface area contributed by atoms with Crippen LogP contribution in [0.4, 0.5) is 0 Å². The van der Waals surface area contributed by atoms with Crippen molar-refractivity contribution < 1.29 is 9.84 Å². The molecular formula is C22H30N2O2. The second-order valence-corrected chi connectivity index (χ2v) is 7.25. The number of hydrogen-bond acceptors (Lipinski definition) is 4. The number of piperidine rings is 1. The van der Waals surface area contributed by atoms with Crippen LogP contribution in [0.25, 0.3) is 0 Å². The summed E-state index contributed by atoms with van der Waals surface area (Å²) >= 11 is 0. The molecule has 0 aromatic heterocycles. The molecule has 1 saturated heterocycles. The molecule has 1 aliphatic heterocycles. The molecule has 3 rings (SSSR count). The average molecular weight is 354 g/mol. The number of likely N-dealkylation sites (tertiary alicyclic amines) is 1. The van der Waals surface area contributed by atoms with E-state index in [0.29, 0.717) is 11.8 Å². The summed E-state index contributed by atoms with van der Waals surface area (Å²) in [6.07, 6.45) is 3.58. The summed E-state index contributed by atoms with van der Waals surface area (Å²) in [7, 11) is 3.82. The topological polar surface area (TPSA) is 35.9 Å². The zero-order chi connectivity index (χ0) is 18.4. The number of ether oxygens (including phenoxy) is 1. The summed E-state index contributed by atoms with van der Waals surface area (Å²) in [6.45, 7) is 4.17. The lowest BCUT2D eigenvalue weighted by Crippen LogP contribution is -2.46. The average Bonchev–Trinajstić information content (AvgIpc) is 2.67. The second kappa shape index (κ2) is 9.06. The molecule has 0 unspecified atom stereocenters. The standard InChI is InChI=1S/C22H30N2O2/c1-23(14-12-18-7-4-3-5-8-18)20-9-6-13-24(17-20)16-19-10-11-22(26-2)21(25)15-19/h3-5,7-8,10-11,15,20,25H,6,9,12-14,16-17H2,1-2H3/t20-/m0/s1. The molecule has 0 spiro atoms. The molecule has 1 N–H and O–H groups in total. The van der Waals surface area contributed by atoms with Crippen LogP contribution in [0.15, 0.2) is 48.5 Å². The van der Waals surface area contributed by atoms with Gasteiger partial charge in [0, 0.05) is 25.7 Å². The van der Waals surface area contributed by atoms with Gasteiger partial charge in [0.25, 0.3) is 0 Å². The van der Waals surface area contributed by atoms with Gasteiger partial charge in [-0.2, -0.15) is 0 Å². The number of hydrogen-bond donors (Lipinski definition) is 1. The zero-order valence-electron chi connectivity index (χ0n) is 15.9. The Balaban J connectivity index is 1.52. The Hall–Kier alpha value is -2.04. The monoisotopic (exact) mass is 354 g/mol.